The van der Waals surface area contributed by atoms with Crippen LogP contribution in [0.3, 0.4) is 0 Å². The van der Waals surface area contributed by atoms with Gasteiger partial charge in [-0.25, -0.2) is 0 Å². The number of hydrogen-bond acceptors (Lipinski definition) is 10. The van der Waals surface area contributed by atoms with E-state index >= 15 is 0 Å². The number of carbonyl (C=O) groups excluding carboxylic acids is 3. The average Bonchev–Trinajstić information content (AvgIpc) is 2.79. The molecule has 4 rings (SSSR count). The Morgan fingerprint density at radius 2 is 1.70 bits per heavy atom. The Balaban J connectivity index is 1.94. The average molecular weight is 557 g/mol. The van der Waals surface area contributed by atoms with E-state index in [2.05, 4.69) is 25.7 Å². The minimum absolute atomic E-state index is 0.00615. The van der Waals surface area contributed by atoms with E-state index < -0.39 is 58.0 Å². The van der Waals surface area contributed by atoms with Gasteiger partial charge in [-0.3, -0.25) is 24.2 Å². The van der Waals surface area contributed by atoms with Crippen LogP contribution in [0.5, 0.6) is 5.75 Å². The summed E-state index contributed by atoms with van der Waals surface area (Å²) in [4.78, 5) is 45.1. The third kappa shape index (κ3) is 4.18. The van der Waals surface area contributed by atoms with Crippen LogP contribution in [0.1, 0.15) is 48.7 Å². The Hall–Kier alpha value is -3.41. The number of anilines is 1. The molecule has 0 saturated heterocycles. The van der Waals surface area contributed by atoms with E-state index in [4.69, 9.17) is 5.73 Å². The van der Waals surface area contributed by atoms with Crippen molar-refractivity contribution in [3.63, 3.8) is 0 Å². The van der Waals surface area contributed by atoms with Gasteiger partial charge in [0.2, 0.25) is 5.78 Å². The van der Waals surface area contributed by atoms with Gasteiger partial charge < -0.3 is 31.1 Å². The zero-order valence-electron chi connectivity index (χ0n) is 24.4. The number of aliphatic hydroxyl groups excluding tert-OH is 2. The number of aliphatic hydroxyl groups is 3. The maximum absolute atomic E-state index is 14.0. The van der Waals surface area contributed by atoms with Crippen molar-refractivity contribution in [1.29, 1.82) is 0 Å². The van der Waals surface area contributed by atoms with Crippen LogP contribution in [-0.2, 0) is 22.6 Å². The molecule has 4 atom stereocenters. The van der Waals surface area contributed by atoms with Crippen molar-refractivity contribution in [1.82, 2.24) is 9.80 Å². The first-order valence-corrected chi connectivity index (χ1v) is 13.3. The Bertz CT molecular complexity index is 1370. The molecule has 0 aromatic heterocycles. The lowest BCUT2D eigenvalue weighted by Crippen LogP contribution is -2.63. The molecule has 1 aromatic rings. The summed E-state index contributed by atoms with van der Waals surface area (Å²) in [6.45, 7) is 6.73. The molecule has 1 amide bonds. The minimum atomic E-state index is -2.65. The van der Waals surface area contributed by atoms with Crippen molar-refractivity contribution in [3.8, 4) is 5.75 Å². The monoisotopic (exact) mass is 556 g/mol. The van der Waals surface area contributed by atoms with Crippen molar-refractivity contribution < 1.29 is 34.8 Å². The number of amides is 1. The van der Waals surface area contributed by atoms with Gasteiger partial charge in [0.25, 0.3) is 5.91 Å². The lowest BCUT2D eigenvalue weighted by Gasteiger charge is -2.50. The number of nitrogens with zero attached hydrogens (tertiary/aromatic N) is 3. The third-order valence-electron chi connectivity index (χ3n) is 8.77. The van der Waals surface area contributed by atoms with Crippen molar-refractivity contribution >= 4 is 23.2 Å². The second-order valence-corrected chi connectivity index (χ2v) is 12.6. The SMILES string of the molecule is CN(C)c1c(CN(C)C(C)(C)C)cc(O)c2c1C[C@H]1C[C@H]3[C@H](N(C)C)C(O)=C(C(N)=O)C(=O)[C@@]3(O)C(O)=C1C2=O. The molecule has 0 saturated carbocycles. The van der Waals surface area contributed by atoms with Crippen molar-refractivity contribution in [2.75, 3.05) is 40.1 Å². The summed E-state index contributed by atoms with van der Waals surface area (Å²) in [6.07, 6.45) is 0.286. The van der Waals surface area contributed by atoms with Gasteiger partial charge in [-0.1, -0.05) is 0 Å². The maximum Gasteiger partial charge on any atom is 0.255 e. The van der Waals surface area contributed by atoms with E-state index in [1.165, 1.54) is 4.90 Å². The summed E-state index contributed by atoms with van der Waals surface area (Å²) in [7, 11) is 8.90. The summed E-state index contributed by atoms with van der Waals surface area (Å²) in [6, 6.07) is 0.519. The second-order valence-electron chi connectivity index (χ2n) is 12.6. The summed E-state index contributed by atoms with van der Waals surface area (Å²) >= 11 is 0. The number of nitrogens with two attached hydrogens (primary N) is 1. The van der Waals surface area contributed by atoms with E-state index in [9.17, 15) is 34.8 Å². The number of ketones is 2. The number of carbonyl (C=O) groups is 3. The molecule has 0 spiro atoms. The van der Waals surface area contributed by atoms with Crippen LogP contribution in [0, 0.1) is 11.8 Å². The number of aromatic hydroxyl groups is 1. The Morgan fingerprint density at radius 1 is 1.10 bits per heavy atom. The van der Waals surface area contributed by atoms with Gasteiger partial charge in [0.1, 0.15) is 22.8 Å². The third-order valence-corrected chi connectivity index (χ3v) is 8.77. The van der Waals surface area contributed by atoms with Crippen LogP contribution in [-0.4, -0.2) is 100 Å². The first-order chi connectivity index (χ1) is 18.3. The van der Waals surface area contributed by atoms with E-state index in [0.717, 1.165) is 11.3 Å². The molecule has 11 heteroatoms. The molecule has 218 valence electrons. The fourth-order valence-corrected chi connectivity index (χ4v) is 6.54. The van der Waals surface area contributed by atoms with E-state index in [1.54, 1.807) is 20.2 Å². The number of primary amides is 1. The molecule has 0 bridgehead atoms. The molecule has 3 aliphatic carbocycles. The lowest BCUT2D eigenvalue weighted by molar-refractivity contribution is -0.148. The van der Waals surface area contributed by atoms with Crippen LogP contribution in [0.4, 0.5) is 5.69 Å². The van der Waals surface area contributed by atoms with Crippen molar-refractivity contribution in [2.24, 2.45) is 17.6 Å². The predicted molar refractivity (Wildman–Crippen MR) is 149 cm³/mol. The molecule has 1 aromatic carbocycles. The van der Waals surface area contributed by atoms with Crippen molar-refractivity contribution in [2.45, 2.75) is 57.3 Å². The summed E-state index contributed by atoms with van der Waals surface area (Å²) in [5.41, 5.74) is 3.80. The molecule has 0 radical (unpaired) electrons. The van der Waals surface area contributed by atoms with Crippen LogP contribution in [0.25, 0.3) is 0 Å². The van der Waals surface area contributed by atoms with Gasteiger partial charge in [0.05, 0.1) is 11.6 Å². The highest BCUT2D eigenvalue weighted by Crippen LogP contribution is 2.53. The second kappa shape index (κ2) is 9.60. The number of phenols is 1. The maximum atomic E-state index is 14.0. The Kier molecular flexibility index (Phi) is 7.10. The van der Waals surface area contributed by atoms with Crippen LogP contribution >= 0.6 is 0 Å². The van der Waals surface area contributed by atoms with Gasteiger partial charge in [0, 0.05) is 43.4 Å². The molecule has 11 nitrogen and oxygen atoms in total. The molecule has 0 heterocycles. The molecule has 0 unspecified atom stereocenters. The molecule has 40 heavy (non-hydrogen) atoms. The Labute approximate surface area is 234 Å². The number of hydrogen-bond donors (Lipinski definition) is 5. The van der Waals surface area contributed by atoms with Gasteiger partial charge >= 0.3 is 0 Å². The lowest BCUT2D eigenvalue weighted by atomic mass is 9.58. The first-order valence-electron chi connectivity index (χ1n) is 13.3. The molecule has 0 fully saturated rings. The topological polar surface area (TPSA) is 168 Å². The Morgan fingerprint density at radius 3 is 2.20 bits per heavy atom. The smallest absolute Gasteiger partial charge is 0.255 e. The first kappa shape index (κ1) is 29.6. The highest BCUT2D eigenvalue weighted by Gasteiger charge is 2.63. The standard InChI is InChI=1S/C29H40N4O7/c1-28(2,3)33(8)12-14-11-17(34)19-15(21(14)31(4)5)9-13-10-16-22(32(6)7)24(36)20(27(30)39)26(38)29(16,40)25(37)18(13)23(19)35/h11,13,16,22,34,36-37,40H,9-10,12H2,1-8H3,(H2,30,39)/t13-,16-,22-,29-/m0/s1. The number of phenolic OH excluding ortho intramolecular Hbond substituents is 1. The minimum Gasteiger partial charge on any atom is -0.510 e. The van der Waals surface area contributed by atoms with Gasteiger partial charge in [-0.05, 0) is 77.9 Å². The molecule has 3 aliphatic rings. The number of benzene rings is 1. The fourth-order valence-electron chi connectivity index (χ4n) is 6.54. The molecular weight excluding hydrogens is 516 g/mol. The predicted octanol–water partition coefficient (Wildman–Crippen LogP) is 1.42. The van der Waals surface area contributed by atoms with Gasteiger partial charge in [0.15, 0.2) is 11.4 Å². The highest BCUT2D eigenvalue weighted by atomic mass is 16.3. The zero-order valence-corrected chi connectivity index (χ0v) is 24.4. The van der Waals surface area contributed by atoms with Gasteiger partial charge in [-0.2, -0.15) is 0 Å². The summed E-state index contributed by atoms with van der Waals surface area (Å²) in [5, 5.41) is 45.3. The number of rotatable bonds is 5. The van der Waals surface area contributed by atoms with Gasteiger partial charge in [-0.15, -0.1) is 0 Å². The van der Waals surface area contributed by atoms with Crippen LogP contribution in [0.15, 0.2) is 28.7 Å². The summed E-state index contributed by atoms with van der Waals surface area (Å²) in [5.74, 6) is -6.59. The number of allylic oxidation sites excluding steroid dienone is 1. The molecular formula is C29H40N4O7. The van der Waals surface area contributed by atoms with Crippen molar-refractivity contribution in [3.05, 3.63) is 45.4 Å². The molecule has 0 aliphatic heterocycles. The number of likely N-dealkylation sites (N-methyl/N-ethyl adjacent to an activating group) is 1. The fraction of sp³-hybridized carbons (Fsp3) is 0.552. The summed E-state index contributed by atoms with van der Waals surface area (Å²) < 4.78 is 0. The quantitative estimate of drug-likeness (QED) is 0.335. The largest absolute Gasteiger partial charge is 0.510 e. The van der Waals surface area contributed by atoms with E-state index in [0.29, 0.717) is 12.1 Å². The van der Waals surface area contributed by atoms with Crippen LogP contribution in [0.2, 0.25) is 0 Å². The van der Waals surface area contributed by atoms with E-state index in [-0.39, 0.29) is 35.3 Å². The number of Topliss-reactive ketones (excluding diaryl/α,β-unsaturated/α-hetero) is 2. The zero-order chi connectivity index (χ0) is 30.2. The molecule has 6 N–H and O–H groups in total. The van der Waals surface area contributed by atoms with Crippen LogP contribution < -0.4 is 10.6 Å². The van der Waals surface area contributed by atoms with E-state index in [1.807, 2.05) is 26.0 Å². The normalized spacial score (nSPS) is 26.7. The number of fused-ring (bicyclic) bond motifs is 3. The highest BCUT2D eigenvalue weighted by molar-refractivity contribution is 6.24.